The molecule has 0 unspecified atom stereocenters. The van der Waals surface area contributed by atoms with Crippen molar-refractivity contribution < 1.29 is 0 Å². The van der Waals surface area contributed by atoms with Crippen molar-refractivity contribution >= 4 is 5.69 Å². The molecule has 0 spiro atoms. The minimum Gasteiger partial charge on any atom is -0.379 e. The summed E-state index contributed by atoms with van der Waals surface area (Å²) >= 11 is 0. The second-order valence-corrected chi connectivity index (χ2v) is 5.82. The summed E-state index contributed by atoms with van der Waals surface area (Å²) in [7, 11) is 0. The third-order valence-corrected chi connectivity index (χ3v) is 4.27. The average Bonchev–Trinajstić information content (AvgIpc) is 3.16. The fourth-order valence-electron chi connectivity index (χ4n) is 3.09. The molecule has 112 valence electrons. The van der Waals surface area contributed by atoms with Gasteiger partial charge in [0.25, 0.3) is 0 Å². The number of rotatable bonds is 6. The highest BCUT2D eigenvalue weighted by Crippen LogP contribution is 2.17. The summed E-state index contributed by atoms with van der Waals surface area (Å²) < 4.78 is 2.28. The maximum absolute atomic E-state index is 3.55. The van der Waals surface area contributed by atoms with Gasteiger partial charge in [-0.3, -0.25) is 4.90 Å². The number of likely N-dealkylation sites (tertiary alicyclic amines) is 1. The average molecular weight is 283 g/mol. The Balaban J connectivity index is 1.60. The van der Waals surface area contributed by atoms with E-state index in [2.05, 4.69) is 64.3 Å². The van der Waals surface area contributed by atoms with E-state index in [1.54, 1.807) is 0 Å². The maximum atomic E-state index is 3.55. The molecule has 1 aromatic heterocycles. The number of benzene rings is 1. The Hall–Kier alpha value is -1.74. The van der Waals surface area contributed by atoms with Gasteiger partial charge in [0, 0.05) is 30.7 Å². The quantitative estimate of drug-likeness (QED) is 0.872. The van der Waals surface area contributed by atoms with E-state index in [1.807, 2.05) is 0 Å². The molecule has 1 aliphatic rings. The first-order valence-corrected chi connectivity index (χ1v) is 8.04. The van der Waals surface area contributed by atoms with Crippen molar-refractivity contribution in [2.24, 2.45) is 0 Å². The summed E-state index contributed by atoms with van der Waals surface area (Å²) in [6.45, 7) is 7.68. The summed E-state index contributed by atoms with van der Waals surface area (Å²) in [6.07, 6.45) is 4.85. The Bertz CT molecular complexity index is 567. The van der Waals surface area contributed by atoms with E-state index in [9.17, 15) is 0 Å². The van der Waals surface area contributed by atoms with Gasteiger partial charge in [-0.1, -0.05) is 12.1 Å². The smallest absolute Gasteiger partial charge is 0.0553 e. The van der Waals surface area contributed by atoms with Crippen molar-refractivity contribution in [3.05, 3.63) is 53.9 Å². The molecule has 2 aromatic rings. The molecule has 1 fully saturated rings. The first-order chi connectivity index (χ1) is 10.3. The summed E-state index contributed by atoms with van der Waals surface area (Å²) in [5.74, 6) is 0. The second-order valence-electron chi connectivity index (χ2n) is 5.82. The minimum absolute atomic E-state index is 0.883. The van der Waals surface area contributed by atoms with Gasteiger partial charge in [-0.15, -0.1) is 0 Å². The summed E-state index contributed by atoms with van der Waals surface area (Å²) in [4.78, 5) is 2.54. The number of aromatic nitrogens is 1. The number of nitrogens with zero attached hydrogens (tertiary/aromatic N) is 2. The molecule has 0 saturated carbocycles. The van der Waals surface area contributed by atoms with Gasteiger partial charge >= 0.3 is 0 Å². The van der Waals surface area contributed by atoms with Gasteiger partial charge in [0.15, 0.2) is 0 Å². The Kier molecular flexibility index (Phi) is 4.61. The fraction of sp³-hybridized carbons (Fsp3) is 0.444. The predicted octanol–water partition coefficient (Wildman–Crippen LogP) is 3.72. The van der Waals surface area contributed by atoms with Crippen LogP contribution in [0.15, 0.2) is 42.6 Å². The lowest BCUT2D eigenvalue weighted by molar-refractivity contribution is 0.331. The number of hydrogen-bond donors (Lipinski definition) is 1. The number of nitrogens with one attached hydrogen (secondary N) is 1. The van der Waals surface area contributed by atoms with Crippen molar-refractivity contribution in [2.45, 2.75) is 39.4 Å². The monoisotopic (exact) mass is 283 g/mol. The summed E-state index contributed by atoms with van der Waals surface area (Å²) in [5, 5.41) is 3.55. The lowest BCUT2D eigenvalue weighted by Gasteiger charge is -2.15. The van der Waals surface area contributed by atoms with E-state index in [1.165, 1.54) is 42.9 Å². The molecule has 1 aromatic carbocycles. The van der Waals surface area contributed by atoms with Crippen LogP contribution in [-0.2, 0) is 19.6 Å². The van der Waals surface area contributed by atoms with Crippen LogP contribution in [0, 0.1) is 0 Å². The molecule has 0 radical (unpaired) electrons. The highest BCUT2D eigenvalue weighted by atomic mass is 15.1. The molecule has 3 rings (SSSR count). The summed E-state index contributed by atoms with van der Waals surface area (Å²) in [5.41, 5.74) is 3.96. The maximum Gasteiger partial charge on any atom is 0.0553 e. The lowest BCUT2D eigenvalue weighted by atomic mass is 10.2. The first kappa shape index (κ1) is 14.2. The molecule has 1 N–H and O–H groups in total. The lowest BCUT2D eigenvalue weighted by Crippen LogP contribution is -2.18. The van der Waals surface area contributed by atoms with Crippen molar-refractivity contribution in [2.75, 3.05) is 18.4 Å². The SMILES string of the molecule is CCn1cccc1CNc1cccc(CN2CCCC2)c1. The molecular weight excluding hydrogens is 258 g/mol. The molecule has 3 heteroatoms. The largest absolute Gasteiger partial charge is 0.379 e. The summed E-state index contributed by atoms with van der Waals surface area (Å²) in [6, 6.07) is 13.1. The van der Waals surface area contributed by atoms with Crippen LogP contribution >= 0.6 is 0 Å². The van der Waals surface area contributed by atoms with Crippen LogP contribution in [0.5, 0.6) is 0 Å². The van der Waals surface area contributed by atoms with Crippen LogP contribution in [-0.4, -0.2) is 22.6 Å². The third-order valence-electron chi connectivity index (χ3n) is 4.27. The molecule has 0 amide bonds. The van der Waals surface area contributed by atoms with Crippen molar-refractivity contribution in [3.8, 4) is 0 Å². The molecule has 21 heavy (non-hydrogen) atoms. The second kappa shape index (κ2) is 6.81. The third kappa shape index (κ3) is 3.67. The topological polar surface area (TPSA) is 20.2 Å². The van der Waals surface area contributed by atoms with E-state index < -0.39 is 0 Å². The van der Waals surface area contributed by atoms with E-state index in [0.717, 1.165) is 19.6 Å². The highest BCUT2D eigenvalue weighted by molar-refractivity contribution is 5.46. The number of hydrogen-bond acceptors (Lipinski definition) is 2. The van der Waals surface area contributed by atoms with E-state index in [-0.39, 0.29) is 0 Å². The highest BCUT2D eigenvalue weighted by Gasteiger charge is 2.11. The Morgan fingerprint density at radius 1 is 1.10 bits per heavy atom. The molecule has 1 aliphatic heterocycles. The Labute approximate surface area is 127 Å². The van der Waals surface area contributed by atoms with Crippen LogP contribution in [0.2, 0.25) is 0 Å². The number of aryl methyl sites for hydroxylation is 1. The van der Waals surface area contributed by atoms with Gasteiger partial charge in [0.2, 0.25) is 0 Å². The minimum atomic E-state index is 0.883. The van der Waals surface area contributed by atoms with Crippen LogP contribution < -0.4 is 5.32 Å². The van der Waals surface area contributed by atoms with E-state index >= 15 is 0 Å². The van der Waals surface area contributed by atoms with E-state index in [0.29, 0.717) is 0 Å². The molecule has 0 atom stereocenters. The van der Waals surface area contributed by atoms with Gasteiger partial charge in [0.1, 0.15) is 0 Å². The zero-order valence-electron chi connectivity index (χ0n) is 12.9. The Morgan fingerprint density at radius 3 is 2.76 bits per heavy atom. The molecule has 0 aliphatic carbocycles. The Morgan fingerprint density at radius 2 is 1.95 bits per heavy atom. The van der Waals surface area contributed by atoms with Gasteiger partial charge in [-0.05, 0) is 62.7 Å². The molecule has 3 nitrogen and oxygen atoms in total. The van der Waals surface area contributed by atoms with Gasteiger partial charge in [0.05, 0.1) is 6.54 Å². The van der Waals surface area contributed by atoms with Crippen molar-refractivity contribution in [1.82, 2.24) is 9.47 Å². The van der Waals surface area contributed by atoms with Crippen molar-refractivity contribution in [3.63, 3.8) is 0 Å². The molecule has 2 heterocycles. The molecule has 1 saturated heterocycles. The van der Waals surface area contributed by atoms with Gasteiger partial charge < -0.3 is 9.88 Å². The van der Waals surface area contributed by atoms with Crippen LogP contribution in [0.4, 0.5) is 5.69 Å². The number of anilines is 1. The zero-order chi connectivity index (χ0) is 14.5. The fourth-order valence-corrected chi connectivity index (χ4v) is 3.09. The first-order valence-electron chi connectivity index (χ1n) is 8.04. The predicted molar refractivity (Wildman–Crippen MR) is 88.4 cm³/mol. The van der Waals surface area contributed by atoms with E-state index in [4.69, 9.17) is 0 Å². The molecule has 0 bridgehead atoms. The standard InChI is InChI=1S/C18H25N3/c1-2-21-12-6-9-18(21)14-19-17-8-5-7-16(13-17)15-20-10-3-4-11-20/h5-9,12-13,19H,2-4,10-11,14-15H2,1H3. The normalized spacial score (nSPS) is 15.5. The zero-order valence-corrected chi connectivity index (χ0v) is 12.9. The van der Waals surface area contributed by atoms with Gasteiger partial charge in [-0.2, -0.15) is 0 Å². The van der Waals surface area contributed by atoms with Crippen LogP contribution in [0.1, 0.15) is 31.0 Å². The van der Waals surface area contributed by atoms with Crippen LogP contribution in [0.25, 0.3) is 0 Å². The van der Waals surface area contributed by atoms with Crippen molar-refractivity contribution in [1.29, 1.82) is 0 Å². The van der Waals surface area contributed by atoms with Gasteiger partial charge in [-0.25, -0.2) is 0 Å². The van der Waals surface area contributed by atoms with Crippen LogP contribution in [0.3, 0.4) is 0 Å². The molecular formula is C18H25N3.